The lowest BCUT2D eigenvalue weighted by molar-refractivity contribution is -0.142. The Morgan fingerprint density at radius 1 is 1.00 bits per heavy atom. The molecule has 2 aromatic rings. The molecule has 0 aliphatic rings. The number of nitrogens with one attached hydrogen (secondary N) is 1. The van der Waals surface area contributed by atoms with Gasteiger partial charge in [-0.2, -0.15) is 0 Å². The summed E-state index contributed by atoms with van der Waals surface area (Å²) < 4.78 is 5.89. The predicted molar refractivity (Wildman–Crippen MR) is 120 cm³/mol. The number of ether oxygens (including phenoxy) is 1. The van der Waals surface area contributed by atoms with Gasteiger partial charge in [0.25, 0.3) is 5.91 Å². The Morgan fingerprint density at radius 2 is 1.70 bits per heavy atom. The zero-order valence-corrected chi connectivity index (χ0v) is 18.9. The summed E-state index contributed by atoms with van der Waals surface area (Å²) in [5.74, 6) is 0.598. The Hall–Kier alpha value is -2.82. The standard InChI is InChI=1S/C25H34N2O3/c1-17(2)22-12-7-8-13-23(22)30-16-24(28)27(20(6)25(29)26-18(3)4)15-21-11-9-10-19(5)14-21/h7-14,17-18,20H,15-16H2,1-6H3,(H,26,29)/t20-/m0/s1. The van der Waals surface area contributed by atoms with Crippen LogP contribution in [0.2, 0.25) is 0 Å². The van der Waals surface area contributed by atoms with Crippen LogP contribution < -0.4 is 10.1 Å². The van der Waals surface area contributed by atoms with Crippen molar-refractivity contribution in [2.45, 2.75) is 66.1 Å². The molecule has 0 radical (unpaired) electrons. The average Bonchev–Trinajstić information content (AvgIpc) is 2.69. The molecule has 1 N–H and O–H groups in total. The van der Waals surface area contributed by atoms with Crippen molar-refractivity contribution in [1.82, 2.24) is 10.2 Å². The first kappa shape index (κ1) is 23.5. The molecule has 0 saturated carbocycles. The summed E-state index contributed by atoms with van der Waals surface area (Å²) in [6.07, 6.45) is 0. The molecule has 0 fully saturated rings. The fourth-order valence-corrected chi connectivity index (χ4v) is 3.31. The molecule has 0 aliphatic heterocycles. The van der Waals surface area contributed by atoms with Crippen molar-refractivity contribution in [2.24, 2.45) is 0 Å². The van der Waals surface area contributed by atoms with Gasteiger partial charge in [0.05, 0.1) is 0 Å². The molecular weight excluding hydrogens is 376 g/mol. The van der Waals surface area contributed by atoms with Gasteiger partial charge in [-0.15, -0.1) is 0 Å². The van der Waals surface area contributed by atoms with E-state index in [1.54, 1.807) is 11.8 Å². The third-order valence-electron chi connectivity index (χ3n) is 4.93. The van der Waals surface area contributed by atoms with Gasteiger partial charge >= 0.3 is 0 Å². The van der Waals surface area contributed by atoms with E-state index in [1.807, 2.05) is 69.3 Å². The molecule has 30 heavy (non-hydrogen) atoms. The summed E-state index contributed by atoms with van der Waals surface area (Å²) in [6, 6.07) is 15.1. The molecule has 5 heteroatoms. The van der Waals surface area contributed by atoms with E-state index in [0.29, 0.717) is 12.3 Å². The molecule has 0 aromatic heterocycles. The van der Waals surface area contributed by atoms with E-state index in [-0.39, 0.29) is 30.4 Å². The molecule has 0 heterocycles. The van der Waals surface area contributed by atoms with Gasteiger partial charge in [-0.3, -0.25) is 9.59 Å². The Balaban J connectivity index is 2.20. The Kier molecular flexibility index (Phi) is 8.46. The van der Waals surface area contributed by atoms with E-state index in [4.69, 9.17) is 4.74 Å². The second-order valence-electron chi connectivity index (χ2n) is 8.33. The number of amides is 2. The number of aryl methyl sites for hydroxylation is 1. The van der Waals surface area contributed by atoms with Gasteiger partial charge in [-0.25, -0.2) is 0 Å². The number of benzene rings is 2. The largest absolute Gasteiger partial charge is 0.483 e. The zero-order chi connectivity index (χ0) is 22.3. The molecule has 1 atom stereocenters. The summed E-state index contributed by atoms with van der Waals surface area (Å²) >= 11 is 0. The fraction of sp³-hybridized carbons (Fsp3) is 0.440. The smallest absolute Gasteiger partial charge is 0.261 e. The summed E-state index contributed by atoms with van der Waals surface area (Å²) in [7, 11) is 0. The zero-order valence-electron chi connectivity index (χ0n) is 18.9. The van der Waals surface area contributed by atoms with Crippen molar-refractivity contribution < 1.29 is 14.3 Å². The van der Waals surface area contributed by atoms with Gasteiger partial charge in [-0.05, 0) is 50.8 Å². The summed E-state index contributed by atoms with van der Waals surface area (Å²) in [5, 5.41) is 2.90. The molecule has 0 spiro atoms. The molecule has 2 amide bonds. The van der Waals surface area contributed by atoms with Gasteiger partial charge in [0.15, 0.2) is 6.61 Å². The molecule has 5 nitrogen and oxygen atoms in total. The Bertz CT molecular complexity index is 861. The second kappa shape index (κ2) is 10.8. The monoisotopic (exact) mass is 410 g/mol. The number of hydrogen-bond donors (Lipinski definition) is 1. The minimum Gasteiger partial charge on any atom is -0.483 e. The van der Waals surface area contributed by atoms with Crippen LogP contribution in [0.3, 0.4) is 0 Å². The lowest BCUT2D eigenvalue weighted by Gasteiger charge is -2.29. The van der Waals surface area contributed by atoms with Crippen molar-refractivity contribution in [3.8, 4) is 5.75 Å². The lowest BCUT2D eigenvalue weighted by atomic mass is 10.0. The van der Waals surface area contributed by atoms with E-state index >= 15 is 0 Å². The van der Waals surface area contributed by atoms with Crippen LogP contribution in [0.4, 0.5) is 0 Å². The van der Waals surface area contributed by atoms with E-state index in [9.17, 15) is 9.59 Å². The van der Waals surface area contributed by atoms with Crippen LogP contribution in [0.25, 0.3) is 0 Å². The highest BCUT2D eigenvalue weighted by molar-refractivity contribution is 5.88. The summed E-state index contributed by atoms with van der Waals surface area (Å²) in [6.45, 7) is 12.0. The maximum Gasteiger partial charge on any atom is 0.261 e. The molecule has 0 saturated heterocycles. The maximum absolute atomic E-state index is 13.1. The topological polar surface area (TPSA) is 58.6 Å². The number of nitrogens with zero attached hydrogens (tertiary/aromatic N) is 1. The summed E-state index contributed by atoms with van der Waals surface area (Å²) in [5.41, 5.74) is 3.15. The van der Waals surface area contributed by atoms with Crippen molar-refractivity contribution in [2.75, 3.05) is 6.61 Å². The molecule has 0 bridgehead atoms. The molecule has 0 unspecified atom stereocenters. The van der Waals surface area contributed by atoms with Gasteiger partial charge in [0.2, 0.25) is 5.91 Å². The molecular formula is C25H34N2O3. The SMILES string of the molecule is Cc1cccc(CN(C(=O)COc2ccccc2C(C)C)[C@@H](C)C(=O)NC(C)C)c1. The maximum atomic E-state index is 13.1. The lowest BCUT2D eigenvalue weighted by Crippen LogP contribution is -2.50. The number of rotatable bonds is 9. The highest BCUT2D eigenvalue weighted by Crippen LogP contribution is 2.26. The minimum atomic E-state index is -0.607. The van der Waals surface area contributed by atoms with Crippen LogP contribution in [0.15, 0.2) is 48.5 Å². The first-order valence-electron chi connectivity index (χ1n) is 10.6. The van der Waals surface area contributed by atoms with Crippen LogP contribution in [0.1, 0.15) is 57.2 Å². The average molecular weight is 411 g/mol. The molecule has 0 aliphatic carbocycles. The van der Waals surface area contributed by atoms with Crippen LogP contribution >= 0.6 is 0 Å². The number of hydrogen-bond acceptors (Lipinski definition) is 3. The first-order chi connectivity index (χ1) is 14.2. The first-order valence-corrected chi connectivity index (χ1v) is 10.6. The van der Waals surface area contributed by atoms with Crippen molar-refractivity contribution in [3.63, 3.8) is 0 Å². The quantitative estimate of drug-likeness (QED) is 0.665. The molecule has 2 rings (SSSR count). The van der Waals surface area contributed by atoms with Gasteiger partial charge in [0, 0.05) is 12.6 Å². The van der Waals surface area contributed by atoms with Crippen LogP contribution in [-0.2, 0) is 16.1 Å². The summed E-state index contributed by atoms with van der Waals surface area (Å²) in [4.78, 5) is 27.4. The van der Waals surface area contributed by atoms with Crippen LogP contribution in [0, 0.1) is 6.92 Å². The minimum absolute atomic E-state index is 0.00467. The van der Waals surface area contributed by atoms with E-state index in [2.05, 4.69) is 19.2 Å². The van der Waals surface area contributed by atoms with E-state index in [0.717, 1.165) is 16.7 Å². The second-order valence-corrected chi connectivity index (χ2v) is 8.33. The van der Waals surface area contributed by atoms with Crippen molar-refractivity contribution in [3.05, 3.63) is 65.2 Å². The van der Waals surface area contributed by atoms with Crippen molar-refractivity contribution in [1.29, 1.82) is 0 Å². The van der Waals surface area contributed by atoms with E-state index in [1.165, 1.54) is 0 Å². The van der Waals surface area contributed by atoms with E-state index < -0.39 is 6.04 Å². The number of carbonyl (C=O) groups excluding carboxylic acids is 2. The third-order valence-corrected chi connectivity index (χ3v) is 4.93. The van der Waals surface area contributed by atoms with Gasteiger partial charge in [0.1, 0.15) is 11.8 Å². The normalized spacial score (nSPS) is 12.0. The number of carbonyl (C=O) groups is 2. The van der Waals surface area contributed by atoms with Crippen LogP contribution in [-0.4, -0.2) is 35.4 Å². The van der Waals surface area contributed by atoms with Gasteiger partial charge < -0.3 is 15.0 Å². The highest BCUT2D eigenvalue weighted by Gasteiger charge is 2.27. The predicted octanol–water partition coefficient (Wildman–Crippen LogP) is 4.44. The van der Waals surface area contributed by atoms with Gasteiger partial charge in [-0.1, -0.05) is 61.9 Å². The van der Waals surface area contributed by atoms with Crippen molar-refractivity contribution >= 4 is 11.8 Å². The molecule has 162 valence electrons. The van der Waals surface area contributed by atoms with Crippen LogP contribution in [0.5, 0.6) is 5.75 Å². The number of para-hydroxylation sites is 1. The highest BCUT2D eigenvalue weighted by atomic mass is 16.5. The Morgan fingerprint density at radius 3 is 2.33 bits per heavy atom. The third kappa shape index (κ3) is 6.61. The molecule has 2 aromatic carbocycles. The Labute approximate surface area is 180 Å². The fourth-order valence-electron chi connectivity index (χ4n) is 3.31.